The first-order valence-corrected chi connectivity index (χ1v) is 8.64. The highest BCUT2D eigenvalue weighted by Gasteiger charge is 2.46. The normalized spacial score (nSPS) is 19.9. The van der Waals surface area contributed by atoms with Crippen LogP contribution in [0.4, 0.5) is 10.5 Å². The van der Waals surface area contributed by atoms with Crippen LogP contribution in [-0.2, 0) is 0 Å². The molecule has 0 radical (unpaired) electrons. The molecule has 2 heterocycles. The fraction of sp³-hybridized carbons (Fsp3) is 0.375. The summed E-state index contributed by atoms with van der Waals surface area (Å²) < 4.78 is 0. The number of nitrogens with zero attached hydrogens (tertiary/aromatic N) is 3. The molecule has 0 N–H and O–H groups in total. The molecule has 116 valence electrons. The molecule has 0 spiro atoms. The molecule has 0 bridgehead atoms. The maximum absolute atomic E-state index is 13.2. The molecular weight excluding hydrogens is 293 g/mol. The Morgan fingerprint density at radius 3 is 2.32 bits per heavy atom. The summed E-state index contributed by atoms with van der Waals surface area (Å²) in [7, 11) is 0. The van der Waals surface area contributed by atoms with Crippen LogP contribution in [0, 0.1) is 0 Å². The molecule has 0 atom stereocenters. The van der Waals surface area contributed by atoms with Crippen molar-refractivity contribution in [3.05, 3.63) is 41.9 Å². The number of para-hydroxylation sites is 1. The van der Waals surface area contributed by atoms with Crippen LogP contribution in [0.1, 0.15) is 27.7 Å². The lowest BCUT2D eigenvalue weighted by atomic mass is 9.31. The highest BCUT2D eigenvalue weighted by molar-refractivity contribution is 8.16. The Morgan fingerprint density at radius 2 is 1.73 bits per heavy atom. The van der Waals surface area contributed by atoms with Crippen molar-refractivity contribution in [1.29, 1.82) is 0 Å². The molecule has 6 heteroatoms. The number of carbonyl (C=O) groups is 1. The Bertz CT molecular complexity index is 634. The van der Waals surface area contributed by atoms with Crippen LogP contribution in [-0.4, -0.2) is 22.5 Å². The predicted molar refractivity (Wildman–Crippen MR) is 96.3 cm³/mol. The second-order valence-electron chi connectivity index (χ2n) is 6.57. The number of hydrogen-bond acceptors (Lipinski definition) is 3. The topological polar surface area (TPSA) is 35.9 Å². The van der Waals surface area contributed by atoms with Gasteiger partial charge in [-0.3, -0.25) is 9.69 Å². The standard InChI is InChI=1S/C16H21BN3OS/c1-12(2)17(13(3)4)18-15-19(10-11-22-15)16(21)20(17)14-8-6-5-7-9-14/h5-13H,1-4H3/q-1. The maximum atomic E-state index is 13.2. The van der Waals surface area contributed by atoms with E-state index >= 15 is 0 Å². The van der Waals surface area contributed by atoms with E-state index in [1.807, 2.05) is 46.8 Å². The lowest BCUT2D eigenvalue weighted by molar-refractivity contribution is 0.238. The Hall–Kier alpha value is -1.69. The molecule has 1 aromatic rings. The molecule has 1 aromatic carbocycles. The largest absolute Gasteiger partial charge is 0.454 e. The molecule has 2 aliphatic rings. The van der Waals surface area contributed by atoms with Crippen LogP contribution in [0.3, 0.4) is 0 Å². The van der Waals surface area contributed by atoms with Gasteiger partial charge in [-0.1, -0.05) is 57.7 Å². The van der Waals surface area contributed by atoms with Gasteiger partial charge < -0.3 is 9.71 Å². The average Bonchev–Trinajstić information content (AvgIpc) is 2.95. The van der Waals surface area contributed by atoms with Gasteiger partial charge in [-0.15, -0.1) is 11.6 Å². The van der Waals surface area contributed by atoms with E-state index in [0.717, 1.165) is 10.9 Å². The zero-order valence-corrected chi connectivity index (χ0v) is 14.2. The van der Waals surface area contributed by atoms with Gasteiger partial charge in [-0.05, 0) is 17.5 Å². The Labute approximate surface area is 136 Å². The third kappa shape index (κ3) is 2.09. The van der Waals surface area contributed by atoms with Crippen molar-refractivity contribution in [1.82, 2.24) is 4.90 Å². The monoisotopic (exact) mass is 314 g/mol. The fourth-order valence-electron chi connectivity index (χ4n) is 3.64. The van der Waals surface area contributed by atoms with Crippen LogP contribution in [0.25, 0.3) is 0 Å². The number of urea groups is 1. The van der Waals surface area contributed by atoms with Crippen LogP contribution in [0.5, 0.6) is 0 Å². The SMILES string of the molecule is CC(C)[B-]1(C(C)C)N=C2SC=CN2C(=O)N1c1ccccc1. The number of anilines is 1. The zero-order valence-electron chi connectivity index (χ0n) is 13.4. The van der Waals surface area contributed by atoms with E-state index in [1.54, 1.807) is 4.90 Å². The van der Waals surface area contributed by atoms with Gasteiger partial charge in [0.25, 0.3) is 6.03 Å². The minimum absolute atomic E-state index is 0.000139. The first kappa shape index (κ1) is 15.2. The Kier molecular flexibility index (Phi) is 3.81. The predicted octanol–water partition coefficient (Wildman–Crippen LogP) is 4.76. The van der Waals surface area contributed by atoms with Gasteiger partial charge >= 0.3 is 0 Å². The Balaban J connectivity index is 2.22. The molecule has 3 rings (SSSR count). The van der Waals surface area contributed by atoms with E-state index in [0.29, 0.717) is 0 Å². The first-order chi connectivity index (χ1) is 10.5. The minimum atomic E-state index is -1.39. The lowest BCUT2D eigenvalue weighted by Crippen LogP contribution is -2.66. The molecule has 4 nitrogen and oxygen atoms in total. The molecule has 0 saturated heterocycles. The van der Waals surface area contributed by atoms with Crippen molar-refractivity contribution < 1.29 is 4.79 Å². The fourth-order valence-corrected chi connectivity index (χ4v) is 4.43. The lowest BCUT2D eigenvalue weighted by Gasteiger charge is -2.57. The quantitative estimate of drug-likeness (QED) is 0.754. The van der Waals surface area contributed by atoms with Crippen LogP contribution in [0.2, 0.25) is 11.6 Å². The number of carbonyl (C=O) groups excluding carboxylic acids is 1. The molecule has 0 aromatic heterocycles. The van der Waals surface area contributed by atoms with Gasteiger partial charge in [0.05, 0.1) is 0 Å². The second-order valence-corrected chi connectivity index (χ2v) is 7.44. The van der Waals surface area contributed by atoms with Gasteiger partial charge in [0.2, 0.25) is 6.42 Å². The number of benzene rings is 1. The molecule has 2 aliphatic heterocycles. The van der Waals surface area contributed by atoms with Crippen molar-refractivity contribution in [2.75, 3.05) is 4.81 Å². The van der Waals surface area contributed by atoms with E-state index in [2.05, 4.69) is 27.7 Å². The van der Waals surface area contributed by atoms with Gasteiger partial charge in [0, 0.05) is 11.9 Å². The zero-order chi connectivity index (χ0) is 15.9. The number of hydrogen-bond donors (Lipinski definition) is 0. The molecule has 0 saturated carbocycles. The molecule has 0 aliphatic carbocycles. The van der Waals surface area contributed by atoms with Gasteiger partial charge in [0.1, 0.15) is 5.17 Å². The molecular formula is C16H21BN3OS-. The van der Waals surface area contributed by atoms with Gasteiger partial charge in [-0.25, -0.2) is 0 Å². The summed E-state index contributed by atoms with van der Waals surface area (Å²) in [5, 5.41) is 2.73. The highest BCUT2D eigenvalue weighted by Crippen LogP contribution is 2.44. The summed E-state index contributed by atoms with van der Waals surface area (Å²) in [6.07, 6.45) is 0.422. The summed E-state index contributed by atoms with van der Waals surface area (Å²) in [6.45, 7) is 8.65. The minimum Gasteiger partial charge on any atom is -0.454 e. The van der Waals surface area contributed by atoms with Gasteiger partial charge in [0.15, 0.2) is 0 Å². The van der Waals surface area contributed by atoms with Crippen molar-refractivity contribution >= 4 is 35.1 Å². The van der Waals surface area contributed by atoms with Crippen molar-refractivity contribution in [3.63, 3.8) is 0 Å². The van der Waals surface area contributed by atoms with E-state index in [9.17, 15) is 4.79 Å². The van der Waals surface area contributed by atoms with E-state index in [-0.39, 0.29) is 17.7 Å². The Morgan fingerprint density at radius 1 is 1.09 bits per heavy atom. The van der Waals surface area contributed by atoms with Crippen molar-refractivity contribution in [2.24, 2.45) is 4.90 Å². The summed E-state index contributed by atoms with van der Waals surface area (Å²) in [4.78, 5) is 21.8. The summed E-state index contributed by atoms with van der Waals surface area (Å²) in [6, 6.07) is 9.90. The van der Waals surface area contributed by atoms with Crippen molar-refractivity contribution in [2.45, 2.75) is 39.3 Å². The first-order valence-electron chi connectivity index (χ1n) is 7.76. The third-order valence-electron chi connectivity index (χ3n) is 4.73. The number of rotatable bonds is 3. The van der Waals surface area contributed by atoms with Crippen molar-refractivity contribution in [3.8, 4) is 0 Å². The number of amides is 2. The van der Waals surface area contributed by atoms with E-state index in [1.165, 1.54) is 11.8 Å². The number of fused-ring (bicyclic) bond motifs is 1. The summed E-state index contributed by atoms with van der Waals surface area (Å²) >= 11 is 1.53. The van der Waals surface area contributed by atoms with Crippen LogP contribution < -0.4 is 4.81 Å². The summed E-state index contributed by atoms with van der Waals surface area (Å²) in [5.74, 6) is 0.528. The van der Waals surface area contributed by atoms with E-state index < -0.39 is 6.42 Å². The molecule has 0 unspecified atom stereocenters. The molecule has 0 fully saturated rings. The molecule has 22 heavy (non-hydrogen) atoms. The highest BCUT2D eigenvalue weighted by atomic mass is 32.2. The van der Waals surface area contributed by atoms with Crippen LogP contribution in [0.15, 0.2) is 46.8 Å². The molecule has 2 amide bonds. The summed E-state index contributed by atoms with van der Waals surface area (Å²) in [5.41, 5.74) is 0.919. The second kappa shape index (κ2) is 5.50. The third-order valence-corrected chi connectivity index (χ3v) is 5.50. The number of thioether (sulfide) groups is 1. The number of amidine groups is 1. The maximum Gasteiger partial charge on any atom is 0.295 e. The van der Waals surface area contributed by atoms with Gasteiger partial charge in [-0.2, -0.15) is 0 Å². The van der Waals surface area contributed by atoms with Crippen LogP contribution >= 0.6 is 11.8 Å². The smallest absolute Gasteiger partial charge is 0.295 e. The average molecular weight is 314 g/mol. The van der Waals surface area contributed by atoms with E-state index in [4.69, 9.17) is 4.90 Å².